The number of aryl methyl sites for hydroxylation is 1. The molecule has 1 aliphatic rings. The molecule has 1 aliphatic heterocycles. The van der Waals surface area contributed by atoms with Gasteiger partial charge in [-0.3, -0.25) is 4.79 Å². The van der Waals surface area contributed by atoms with Gasteiger partial charge in [0.05, 0.1) is 0 Å². The van der Waals surface area contributed by atoms with Crippen molar-refractivity contribution in [3.63, 3.8) is 0 Å². The van der Waals surface area contributed by atoms with Crippen LogP contribution in [-0.2, 0) is 6.61 Å². The van der Waals surface area contributed by atoms with E-state index in [2.05, 4.69) is 0 Å². The van der Waals surface area contributed by atoms with Crippen molar-refractivity contribution in [2.24, 2.45) is 0 Å². The molecule has 20 heavy (non-hydrogen) atoms. The van der Waals surface area contributed by atoms with Crippen LogP contribution in [0, 0.1) is 6.92 Å². The first kappa shape index (κ1) is 12.5. The van der Waals surface area contributed by atoms with E-state index in [4.69, 9.17) is 14.2 Å². The van der Waals surface area contributed by atoms with Crippen molar-refractivity contribution in [1.82, 2.24) is 0 Å². The Hall–Kier alpha value is -2.49. The molecule has 0 aromatic heterocycles. The van der Waals surface area contributed by atoms with E-state index in [1.165, 1.54) is 0 Å². The van der Waals surface area contributed by atoms with Gasteiger partial charge in [-0.05, 0) is 48.4 Å². The maximum atomic E-state index is 10.7. The summed E-state index contributed by atoms with van der Waals surface area (Å²) in [6.07, 6.45) is 0.828. The van der Waals surface area contributed by atoms with Gasteiger partial charge in [0.25, 0.3) is 0 Å². The molecule has 2 aromatic rings. The van der Waals surface area contributed by atoms with E-state index in [1.54, 1.807) is 6.07 Å². The molecule has 0 spiro atoms. The second-order valence-corrected chi connectivity index (χ2v) is 4.62. The van der Waals surface area contributed by atoms with Crippen LogP contribution in [0.1, 0.15) is 21.5 Å². The summed E-state index contributed by atoms with van der Waals surface area (Å²) in [6.45, 7) is 2.63. The van der Waals surface area contributed by atoms with Gasteiger partial charge in [0.2, 0.25) is 6.79 Å². The molecule has 4 heteroatoms. The zero-order valence-corrected chi connectivity index (χ0v) is 11.1. The predicted molar refractivity (Wildman–Crippen MR) is 73.5 cm³/mol. The van der Waals surface area contributed by atoms with Crippen molar-refractivity contribution in [1.29, 1.82) is 0 Å². The van der Waals surface area contributed by atoms with Gasteiger partial charge < -0.3 is 14.2 Å². The highest BCUT2D eigenvalue weighted by Gasteiger charge is 2.13. The maximum absolute atomic E-state index is 10.7. The largest absolute Gasteiger partial charge is 0.489 e. The van der Waals surface area contributed by atoms with Crippen LogP contribution in [0.4, 0.5) is 0 Å². The zero-order chi connectivity index (χ0) is 13.9. The fourth-order valence-corrected chi connectivity index (χ4v) is 2.10. The number of carbonyl (C=O) groups is 1. The van der Waals surface area contributed by atoms with Crippen molar-refractivity contribution < 1.29 is 19.0 Å². The Labute approximate surface area is 116 Å². The molecule has 3 rings (SSSR count). The number of carbonyl (C=O) groups excluding carboxylic acids is 1. The summed E-state index contributed by atoms with van der Waals surface area (Å²) in [6, 6.07) is 11.1. The minimum absolute atomic E-state index is 0.270. The number of rotatable bonds is 4. The number of benzene rings is 2. The van der Waals surface area contributed by atoms with E-state index >= 15 is 0 Å². The lowest BCUT2D eigenvalue weighted by Gasteiger charge is -2.10. The molecule has 0 radical (unpaired) electrons. The standard InChI is InChI=1S/C16H14O4/c1-11-6-12(8-17)2-4-14(11)18-9-13-3-5-15-16(7-13)20-10-19-15/h2-8H,9-10H2,1H3. The van der Waals surface area contributed by atoms with Crippen LogP contribution in [0.15, 0.2) is 36.4 Å². The predicted octanol–water partition coefficient (Wildman–Crippen LogP) is 3.12. The third-order valence-electron chi connectivity index (χ3n) is 3.17. The monoisotopic (exact) mass is 270 g/mol. The second-order valence-electron chi connectivity index (χ2n) is 4.62. The van der Waals surface area contributed by atoms with Gasteiger partial charge in [-0.15, -0.1) is 0 Å². The summed E-state index contributed by atoms with van der Waals surface area (Å²) in [5, 5.41) is 0. The quantitative estimate of drug-likeness (QED) is 0.801. The smallest absolute Gasteiger partial charge is 0.231 e. The van der Waals surface area contributed by atoms with E-state index in [0.29, 0.717) is 12.2 Å². The van der Waals surface area contributed by atoms with Crippen molar-refractivity contribution in [3.05, 3.63) is 53.1 Å². The van der Waals surface area contributed by atoms with Crippen LogP contribution < -0.4 is 14.2 Å². The Morgan fingerprint density at radius 3 is 2.80 bits per heavy atom. The third kappa shape index (κ3) is 2.45. The zero-order valence-electron chi connectivity index (χ0n) is 11.1. The van der Waals surface area contributed by atoms with Crippen molar-refractivity contribution >= 4 is 6.29 Å². The van der Waals surface area contributed by atoms with Gasteiger partial charge in [0, 0.05) is 5.56 Å². The fraction of sp³-hybridized carbons (Fsp3) is 0.188. The average molecular weight is 270 g/mol. The summed E-state index contributed by atoms with van der Waals surface area (Å²) in [5.41, 5.74) is 2.60. The van der Waals surface area contributed by atoms with Crippen LogP contribution in [-0.4, -0.2) is 13.1 Å². The van der Waals surface area contributed by atoms with Gasteiger partial charge in [-0.25, -0.2) is 0 Å². The van der Waals surface area contributed by atoms with Crippen LogP contribution in [0.5, 0.6) is 17.2 Å². The molecule has 0 bridgehead atoms. The van der Waals surface area contributed by atoms with E-state index in [9.17, 15) is 4.79 Å². The lowest BCUT2D eigenvalue weighted by Crippen LogP contribution is -1.97. The van der Waals surface area contributed by atoms with Gasteiger partial charge in [-0.2, -0.15) is 0 Å². The first-order valence-electron chi connectivity index (χ1n) is 6.33. The molecule has 0 saturated heterocycles. The number of hydrogen-bond acceptors (Lipinski definition) is 4. The number of ether oxygens (including phenoxy) is 3. The van der Waals surface area contributed by atoms with Crippen LogP contribution in [0.25, 0.3) is 0 Å². The van der Waals surface area contributed by atoms with E-state index in [0.717, 1.165) is 34.7 Å². The highest BCUT2D eigenvalue weighted by Crippen LogP contribution is 2.32. The number of aldehydes is 1. The molecule has 1 heterocycles. The molecule has 0 aliphatic carbocycles. The molecular formula is C16H14O4. The summed E-state index contributed by atoms with van der Waals surface area (Å²) in [5.74, 6) is 2.28. The lowest BCUT2D eigenvalue weighted by atomic mass is 10.1. The number of hydrogen-bond donors (Lipinski definition) is 0. The van der Waals surface area contributed by atoms with Crippen LogP contribution >= 0.6 is 0 Å². The summed E-state index contributed by atoms with van der Waals surface area (Å²) >= 11 is 0. The maximum Gasteiger partial charge on any atom is 0.231 e. The lowest BCUT2D eigenvalue weighted by molar-refractivity contribution is 0.112. The molecule has 0 fully saturated rings. The Balaban J connectivity index is 1.72. The summed E-state index contributed by atoms with van der Waals surface area (Å²) < 4.78 is 16.4. The third-order valence-corrected chi connectivity index (χ3v) is 3.17. The Kier molecular flexibility index (Phi) is 3.29. The summed E-state index contributed by atoms with van der Waals surface area (Å²) in [7, 11) is 0. The van der Waals surface area contributed by atoms with Crippen molar-refractivity contribution in [3.8, 4) is 17.2 Å². The minimum Gasteiger partial charge on any atom is -0.489 e. The van der Waals surface area contributed by atoms with Crippen LogP contribution in [0.2, 0.25) is 0 Å². The van der Waals surface area contributed by atoms with Gasteiger partial charge in [0.1, 0.15) is 18.6 Å². The van der Waals surface area contributed by atoms with Crippen LogP contribution in [0.3, 0.4) is 0 Å². The SMILES string of the molecule is Cc1cc(C=O)ccc1OCc1ccc2c(c1)OCO2. The summed E-state index contributed by atoms with van der Waals surface area (Å²) in [4.78, 5) is 10.7. The molecule has 0 unspecified atom stereocenters. The number of fused-ring (bicyclic) bond motifs is 1. The average Bonchev–Trinajstić information content (AvgIpc) is 2.93. The normalized spacial score (nSPS) is 12.2. The Morgan fingerprint density at radius 1 is 1.15 bits per heavy atom. The van der Waals surface area contributed by atoms with Crippen molar-refractivity contribution in [2.45, 2.75) is 13.5 Å². The molecule has 0 N–H and O–H groups in total. The molecule has 4 nitrogen and oxygen atoms in total. The topological polar surface area (TPSA) is 44.8 Å². The first-order valence-corrected chi connectivity index (χ1v) is 6.33. The van der Waals surface area contributed by atoms with Gasteiger partial charge >= 0.3 is 0 Å². The Morgan fingerprint density at radius 2 is 2.00 bits per heavy atom. The highest BCUT2D eigenvalue weighted by molar-refractivity contribution is 5.75. The van der Waals surface area contributed by atoms with Crippen molar-refractivity contribution in [2.75, 3.05) is 6.79 Å². The molecular weight excluding hydrogens is 256 g/mol. The highest BCUT2D eigenvalue weighted by atomic mass is 16.7. The second kappa shape index (κ2) is 5.25. The molecule has 2 aromatic carbocycles. The van der Waals surface area contributed by atoms with E-state index in [1.807, 2.05) is 37.3 Å². The molecule has 0 saturated carbocycles. The Bertz CT molecular complexity index is 649. The van der Waals surface area contributed by atoms with Gasteiger partial charge in [-0.1, -0.05) is 6.07 Å². The molecule has 0 amide bonds. The molecule has 0 atom stereocenters. The van der Waals surface area contributed by atoms with E-state index < -0.39 is 0 Å². The van der Waals surface area contributed by atoms with Gasteiger partial charge in [0.15, 0.2) is 11.5 Å². The first-order chi connectivity index (χ1) is 9.76. The minimum atomic E-state index is 0.270. The molecule has 102 valence electrons. The van der Waals surface area contributed by atoms with E-state index in [-0.39, 0.29) is 6.79 Å². The fourth-order valence-electron chi connectivity index (χ4n) is 2.10.